The molecule has 36 heavy (non-hydrogen) atoms. The molecule has 3 aromatic rings. The van der Waals surface area contributed by atoms with E-state index in [-0.39, 0.29) is 27.9 Å². The van der Waals surface area contributed by atoms with Gasteiger partial charge in [0.25, 0.3) is 5.69 Å². The Morgan fingerprint density at radius 3 is 2.69 bits per heavy atom. The summed E-state index contributed by atoms with van der Waals surface area (Å²) in [5, 5.41) is 11.2. The van der Waals surface area contributed by atoms with Crippen molar-refractivity contribution in [3.05, 3.63) is 102 Å². The highest BCUT2D eigenvalue weighted by Crippen LogP contribution is 2.38. The molecule has 0 atom stereocenters. The lowest BCUT2D eigenvalue weighted by molar-refractivity contribution is -0.384. The van der Waals surface area contributed by atoms with Gasteiger partial charge in [0.2, 0.25) is 5.90 Å². The Bertz CT molecular complexity index is 1420. The van der Waals surface area contributed by atoms with E-state index in [9.17, 15) is 14.9 Å². The molecule has 0 unspecified atom stereocenters. The quantitative estimate of drug-likeness (QED) is 0.130. The van der Waals surface area contributed by atoms with Gasteiger partial charge in [0.15, 0.2) is 17.2 Å². The molecule has 0 bridgehead atoms. The molecular weight excluding hydrogens is 552 g/mol. The van der Waals surface area contributed by atoms with Gasteiger partial charge in [-0.25, -0.2) is 9.79 Å². The molecule has 4 rings (SSSR count). The van der Waals surface area contributed by atoms with Crippen LogP contribution in [0, 0.1) is 17.0 Å². The van der Waals surface area contributed by atoms with Crippen LogP contribution in [0.2, 0.25) is 5.02 Å². The molecule has 3 aromatic carbocycles. The van der Waals surface area contributed by atoms with Crippen molar-refractivity contribution in [2.75, 3.05) is 6.61 Å². The predicted octanol–water partition coefficient (Wildman–Crippen LogP) is 6.64. The van der Waals surface area contributed by atoms with Crippen molar-refractivity contribution in [3.63, 3.8) is 0 Å². The zero-order chi connectivity index (χ0) is 25.8. The normalized spacial score (nSPS) is 13.9. The lowest BCUT2D eigenvalue weighted by Crippen LogP contribution is -2.06. The van der Waals surface area contributed by atoms with Crippen LogP contribution >= 0.6 is 27.5 Å². The van der Waals surface area contributed by atoms with Crippen molar-refractivity contribution in [2.45, 2.75) is 20.5 Å². The third-order valence-corrected chi connectivity index (χ3v) is 6.02. The Morgan fingerprint density at radius 2 is 1.97 bits per heavy atom. The molecule has 1 aliphatic heterocycles. The number of hydrogen-bond donors (Lipinski definition) is 0. The van der Waals surface area contributed by atoms with Crippen LogP contribution in [-0.4, -0.2) is 23.4 Å². The Kier molecular flexibility index (Phi) is 7.71. The topological polar surface area (TPSA) is 100 Å². The number of benzene rings is 3. The molecule has 8 nitrogen and oxygen atoms in total. The first kappa shape index (κ1) is 25.4. The summed E-state index contributed by atoms with van der Waals surface area (Å²) in [6.07, 6.45) is 1.54. The zero-order valence-corrected chi connectivity index (χ0v) is 21.6. The van der Waals surface area contributed by atoms with Crippen molar-refractivity contribution in [3.8, 4) is 11.5 Å². The van der Waals surface area contributed by atoms with Gasteiger partial charge < -0.3 is 14.2 Å². The number of nitrogens with zero attached hydrogens (tertiary/aromatic N) is 2. The van der Waals surface area contributed by atoms with Gasteiger partial charge in [-0.05, 0) is 71.2 Å². The number of nitro benzene ring substituents is 1. The summed E-state index contributed by atoms with van der Waals surface area (Å²) >= 11 is 9.40. The van der Waals surface area contributed by atoms with Gasteiger partial charge in [0.1, 0.15) is 11.6 Å². The van der Waals surface area contributed by atoms with Crippen LogP contribution in [0.3, 0.4) is 0 Å². The second kappa shape index (κ2) is 10.9. The summed E-state index contributed by atoms with van der Waals surface area (Å²) in [6, 6.07) is 15.6. The maximum atomic E-state index is 12.5. The molecule has 10 heteroatoms. The third-order valence-electron chi connectivity index (χ3n) is 5.11. The number of nitro groups is 1. The second-order valence-corrected chi connectivity index (χ2v) is 9.06. The number of aryl methyl sites for hydroxylation is 1. The maximum absolute atomic E-state index is 12.5. The van der Waals surface area contributed by atoms with Crippen LogP contribution in [0.15, 0.2) is 69.8 Å². The first-order valence-corrected chi connectivity index (χ1v) is 12.0. The van der Waals surface area contributed by atoms with Gasteiger partial charge in [-0.15, -0.1) is 0 Å². The largest absolute Gasteiger partial charge is 0.490 e. The average molecular weight is 572 g/mol. The van der Waals surface area contributed by atoms with Crippen LogP contribution in [0.1, 0.15) is 29.2 Å². The van der Waals surface area contributed by atoms with Crippen molar-refractivity contribution >= 4 is 51.2 Å². The van der Waals surface area contributed by atoms with Crippen molar-refractivity contribution in [1.82, 2.24) is 0 Å². The van der Waals surface area contributed by atoms with Gasteiger partial charge in [-0.3, -0.25) is 10.1 Å². The van der Waals surface area contributed by atoms with E-state index in [0.29, 0.717) is 34.7 Å². The molecule has 0 radical (unpaired) electrons. The number of halogens is 2. The van der Waals surface area contributed by atoms with Gasteiger partial charge >= 0.3 is 5.97 Å². The van der Waals surface area contributed by atoms with Crippen molar-refractivity contribution in [1.29, 1.82) is 0 Å². The van der Waals surface area contributed by atoms with E-state index in [0.717, 1.165) is 11.1 Å². The summed E-state index contributed by atoms with van der Waals surface area (Å²) in [5.74, 6) is 0.298. The fourth-order valence-electron chi connectivity index (χ4n) is 3.51. The highest BCUT2D eigenvalue weighted by Gasteiger charge is 2.26. The van der Waals surface area contributed by atoms with E-state index in [1.54, 1.807) is 12.1 Å². The van der Waals surface area contributed by atoms with Gasteiger partial charge in [-0.2, -0.15) is 0 Å². The molecule has 0 aromatic heterocycles. The number of carbonyl (C=O) groups is 1. The number of cyclic esters (lactones) is 1. The van der Waals surface area contributed by atoms with Crippen LogP contribution in [-0.2, 0) is 16.1 Å². The van der Waals surface area contributed by atoms with Crippen molar-refractivity contribution < 1.29 is 23.9 Å². The van der Waals surface area contributed by atoms with E-state index in [4.69, 9.17) is 25.8 Å². The molecule has 1 aliphatic rings. The lowest BCUT2D eigenvalue weighted by atomic mass is 10.1. The zero-order valence-electron chi connectivity index (χ0n) is 19.3. The standard InChI is InChI=1S/C26H20BrClN2O6/c1-3-34-23-12-17(10-19(27)24(23)35-14-16-6-4-5-15(2)9-16)11-21-26(31)36-25(29-21)18-7-8-20(28)22(13-18)30(32)33/h4-13H,3,14H2,1-2H3/b21-11+. The summed E-state index contributed by atoms with van der Waals surface area (Å²) in [5.41, 5.74) is 2.76. The third kappa shape index (κ3) is 5.75. The molecule has 1 heterocycles. The highest BCUT2D eigenvalue weighted by atomic mass is 79.9. The Hall–Kier alpha value is -3.69. The van der Waals surface area contributed by atoms with E-state index >= 15 is 0 Å². The summed E-state index contributed by atoms with van der Waals surface area (Å²) in [4.78, 5) is 27.3. The molecule has 0 saturated carbocycles. The van der Waals surface area contributed by atoms with Crippen LogP contribution in [0.4, 0.5) is 5.69 Å². The Morgan fingerprint density at radius 1 is 1.17 bits per heavy atom. The van der Waals surface area contributed by atoms with Crippen LogP contribution in [0.5, 0.6) is 11.5 Å². The number of esters is 1. The molecule has 0 N–H and O–H groups in total. The molecule has 0 amide bonds. The predicted molar refractivity (Wildman–Crippen MR) is 140 cm³/mol. The first-order valence-electron chi connectivity index (χ1n) is 10.9. The minimum absolute atomic E-state index is 0.0255. The fraction of sp³-hybridized carbons (Fsp3) is 0.154. The molecular formula is C26H20BrClN2O6. The summed E-state index contributed by atoms with van der Waals surface area (Å²) < 4.78 is 17.7. The number of ether oxygens (including phenoxy) is 3. The minimum atomic E-state index is -0.684. The summed E-state index contributed by atoms with van der Waals surface area (Å²) in [7, 11) is 0. The average Bonchev–Trinajstić information content (AvgIpc) is 3.19. The van der Waals surface area contributed by atoms with Crippen LogP contribution < -0.4 is 9.47 Å². The smallest absolute Gasteiger partial charge is 0.363 e. The summed E-state index contributed by atoms with van der Waals surface area (Å²) in [6.45, 7) is 4.64. The highest BCUT2D eigenvalue weighted by molar-refractivity contribution is 9.10. The SMILES string of the molecule is CCOc1cc(/C=C2/N=C(c3ccc(Cl)c([N+](=O)[O-])c3)OC2=O)cc(Br)c1OCc1cccc(C)c1. The fourth-order valence-corrected chi connectivity index (χ4v) is 4.27. The lowest BCUT2D eigenvalue weighted by Gasteiger charge is -2.15. The number of hydrogen-bond acceptors (Lipinski definition) is 7. The molecule has 0 aliphatic carbocycles. The Balaban J connectivity index is 1.63. The van der Waals surface area contributed by atoms with Crippen LogP contribution in [0.25, 0.3) is 6.08 Å². The van der Waals surface area contributed by atoms with E-state index in [1.807, 2.05) is 38.1 Å². The van der Waals surface area contributed by atoms with E-state index < -0.39 is 10.9 Å². The number of aliphatic imine (C=N–C) groups is 1. The number of rotatable bonds is 8. The number of carbonyl (C=O) groups excluding carboxylic acids is 1. The minimum Gasteiger partial charge on any atom is -0.490 e. The van der Waals surface area contributed by atoms with Gasteiger partial charge in [-0.1, -0.05) is 41.4 Å². The monoisotopic (exact) mass is 570 g/mol. The Labute approximate surface area is 220 Å². The second-order valence-electron chi connectivity index (χ2n) is 7.80. The first-order chi connectivity index (χ1) is 17.2. The molecule has 0 saturated heterocycles. The molecule has 184 valence electrons. The molecule has 0 fully saturated rings. The van der Waals surface area contributed by atoms with Crippen molar-refractivity contribution in [2.24, 2.45) is 4.99 Å². The van der Waals surface area contributed by atoms with Gasteiger partial charge in [0.05, 0.1) is 16.0 Å². The van der Waals surface area contributed by atoms with E-state index in [1.165, 1.54) is 24.3 Å². The van der Waals surface area contributed by atoms with E-state index in [2.05, 4.69) is 20.9 Å². The maximum Gasteiger partial charge on any atom is 0.363 e. The molecule has 0 spiro atoms. The van der Waals surface area contributed by atoms with Gasteiger partial charge in [0, 0.05) is 11.6 Å².